The Balaban J connectivity index is 1.67. The van der Waals surface area contributed by atoms with Crippen LogP contribution in [0.3, 0.4) is 0 Å². The average molecular weight is 337 g/mol. The first kappa shape index (κ1) is 16.0. The number of H-pyrrole nitrogens is 1. The van der Waals surface area contributed by atoms with Crippen LogP contribution in [0, 0.1) is 0 Å². The van der Waals surface area contributed by atoms with Gasteiger partial charge in [0.15, 0.2) is 5.65 Å². The minimum atomic E-state index is -0.114. The molecule has 0 unspecified atom stereocenters. The SMILES string of the molecule is CCCN(Cc1nc2c(cnn2C)c(=O)[nH]1)[C@H]1CCc2ccccc21. The van der Waals surface area contributed by atoms with Gasteiger partial charge in [-0.2, -0.15) is 5.10 Å². The maximum Gasteiger partial charge on any atom is 0.262 e. The number of nitrogens with one attached hydrogen (secondary N) is 1. The van der Waals surface area contributed by atoms with E-state index in [-0.39, 0.29) is 5.56 Å². The molecule has 130 valence electrons. The van der Waals surface area contributed by atoms with Gasteiger partial charge in [-0.15, -0.1) is 0 Å². The molecular weight excluding hydrogens is 314 g/mol. The van der Waals surface area contributed by atoms with Crippen LogP contribution in [0.1, 0.15) is 42.8 Å². The Morgan fingerprint density at radius 1 is 1.36 bits per heavy atom. The summed E-state index contributed by atoms with van der Waals surface area (Å²) in [5, 5.41) is 4.68. The number of aryl methyl sites for hydroxylation is 2. The molecule has 1 atom stereocenters. The molecule has 1 aromatic carbocycles. The second-order valence-corrected chi connectivity index (χ2v) is 6.74. The minimum absolute atomic E-state index is 0.114. The van der Waals surface area contributed by atoms with E-state index in [0.29, 0.717) is 29.4 Å². The average Bonchev–Trinajstić information content (AvgIpc) is 3.19. The summed E-state index contributed by atoms with van der Waals surface area (Å²) in [5.74, 6) is 0.707. The van der Waals surface area contributed by atoms with E-state index in [9.17, 15) is 4.79 Å². The molecule has 0 radical (unpaired) electrons. The van der Waals surface area contributed by atoms with Crippen molar-refractivity contribution in [1.29, 1.82) is 0 Å². The number of rotatable bonds is 5. The summed E-state index contributed by atoms with van der Waals surface area (Å²) in [6.45, 7) is 3.81. The number of hydrogen-bond donors (Lipinski definition) is 1. The Bertz CT molecular complexity index is 958. The lowest BCUT2D eigenvalue weighted by Crippen LogP contribution is -2.30. The second kappa shape index (κ2) is 6.44. The Kier molecular flexibility index (Phi) is 4.13. The molecule has 4 rings (SSSR count). The second-order valence-electron chi connectivity index (χ2n) is 6.74. The smallest absolute Gasteiger partial charge is 0.262 e. The predicted molar refractivity (Wildman–Crippen MR) is 97.3 cm³/mol. The molecule has 0 saturated carbocycles. The van der Waals surface area contributed by atoms with Crippen molar-refractivity contribution in [3.05, 3.63) is 57.8 Å². The fraction of sp³-hybridized carbons (Fsp3) is 0.421. The molecule has 0 aliphatic heterocycles. The van der Waals surface area contributed by atoms with Gasteiger partial charge in [0.25, 0.3) is 5.56 Å². The summed E-state index contributed by atoms with van der Waals surface area (Å²) in [6.07, 6.45) is 4.88. The van der Waals surface area contributed by atoms with E-state index in [1.54, 1.807) is 10.9 Å². The topological polar surface area (TPSA) is 66.8 Å². The van der Waals surface area contributed by atoms with Crippen LogP contribution in [0.4, 0.5) is 0 Å². The first-order valence-electron chi connectivity index (χ1n) is 8.90. The fourth-order valence-electron chi connectivity index (χ4n) is 3.89. The maximum atomic E-state index is 12.3. The molecule has 2 aromatic heterocycles. The highest BCUT2D eigenvalue weighted by Gasteiger charge is 2.27. The normalized spacial score (nSPS) is 16.7. The zero-order chi connectivity index (χ0) is 17.4. The number of fused-ring (bicyclic) bond motifs is 2. The van der Waals surface area contributed by atoms with Crippen molar-refractivity contribution >= 4 is 11.0 Å². The Morgan fingerprint density at radius 2 is 2.20 bits per heavy atom. The highest BCUT2D eigenvalue weighted by atomic mass is 16.1. The monoisotopic (exact) mass is 337 g/mol. The van der Waals surface area contributed by atoms with Crippen molar-refractivity contribution in [2.45, 2.75) is 38.8 Å². The molecule has 3 aromatic rings. The van der Waals surface area contributed by atoms with Crippen molar-refractivity contribution in [3.63, 3.8) is 0 Å². The molecule has 0 bridgehead atoms. The molecule has 6 nitrogen and oxygen atoms in total. The molecule has 2 heterocycles. The lowest BCUT2D eigenvalue weighted by atomic mass is 10.1. The van der Waals surface area contributed by atoms with Gasteiger partial charge >= 0.3 is 0 Å². The molecule has 6 heteroatoms. The van der Waals surface area contributed by atoms with Crippen LogP contribution in [0.15, 0.2) is 35.3 Å². The van der Waals surface area contributed by atoms with Crippen LogP contribution in [0.2, 0.25) is 0 Å². The van der Waals surface area contributed by atoms with Crippen molar-refractivity contribution in [2.24, 2.45) is 7.05 Å². The largest absolute Gasteiger partial charge is 0.309 e. The highest BCUT2D eigenvalue weighted by molar-refractivity contribution is 5.72. The molecule has 0 spiro atoms. The van der Waals surface area contributed by atoms with E-state index in [4.69, 9.17) is 0 Å². The Hall–Kier alpha value is -2.47. The number of aromatic amines is 1. The molecular formula is C19H23N5O. The standard InChI is InChI=1S/C19H23N5O/c1-3-10-24(16-9-8-13-6-4-5-7-14(13)16)12-17-21-18-15(19(25)22-17)11-20-23(18)2/h4-7,11,16H,3,8-10,12H2,1-2H3,(H,21,22,25)/t16-/m0/s1. The molecule has 1 aliphatic rings. The van der Waals surface area contributed by atoms with E-state index in [2.05, 4.69) is 51.2 Å². The fourth-order valence-corrected chi connectivity index (χ4v) is 3.89. The van der Waals surface area contributed by atoms with Crippen LogP contribution in [-0.2, 0) is 20.0 Å². The highest BCUT2D eigenvalue weighted by Crippen LogP contribution is 2.36. The quantitative estimate of drug-likeness (QED) is 0.777. The molecule has 0 fully saturated rings. The number of aromatic nitrogens is 4. The van der Waals surface area contributed by atoms with Gasteiger partial charge in [0.1, 0.15) is 11.2 Å². The van der Waals surface area contributed by atoms with Gasteiger partial charge in [0.05, 0.1) is 12.7 Å². The van der Waals surface area contributed by atoms with Gasteiger partial charge in [-0.25, -0.2) is 4.98 Å². The van der Waals surface area contributed by atoms with Gasteiger partial charge in [0.2, 0.25) is 0 Å². The Morgan fingerprint density at radius 3 is 3.04 bits per heavy atom. The molecule has 0 amide bonds. The lowest BCUT2D eigenvalue weighted by molar-refractivity contribution is 0.183. The van der Waals surface area contributed by atoms with Crippen molar-refractivity contribution in [3.8, 4) is 0 Å². The van der Waals surface area contributed by atoms with Crippen molar-refractivity contribution in [2.75, 3.05) is 6.54 Å². The van der Waals surface area contributed by atoms with E-state index in [0.717, 1.165) is 25.8 Å². The van der Waals surface area contributed by atoms with Gasteiger partial charge in [-0.1, -0.05) is 31.2 Å². The number of benzene rings is 1. The molecule has 1 N–H and O–H groups in total. The summed E-state index contributed by atoms with van der Waals surface area (Å²) >= 11 is 0. The number of hydrogen-bond acceptors (Lipinski definition) is 4. The summed E-state index contributed by atoms with van der Waals surface area (Å²) in [7, 11) is 1.82. The van der Waals surface area contributed by atoms with Crippen molar-refractivity contribution in [1.82, 2.24) is 24.6 Å². The van der Waals surface area contributed by atoms with Gasteiger partial charge in [-0.3, -0.25) is 14.4 Å². The molecule has 25 heavy (non-hydrogen) atoms. The first-order valence-corrected chi connectivity index (χ1v) is 8.90. The van der Waals surface area contributed by atoms with Gasteiger partial charge in [-0.05, 0) is 36.9 Å². The van der Waals surface area contributed by atoms with Gasteiger partial charge < -0.3 is 4.98 Å². The molecule has 1 aliphatic carbocycles. The predicted octanol–water partition coefficient (Wildman–Crippen LogP) is 2.56. The Labute approximate surface area is 146 Å². The van der Waals surface area contributed by atoms with E-state index in [1.165, 1.54) is 11.1 Å². The summed E-state index contributed by atoms with van der Waals surface area (Å²) in [6, 6.07) is 9.07. The zero-order valence-corrected chi connectivity index (χ0v) is 14.7. The van der Waals surface area contributed by atoms with E-state index >= 15 is 0 Å². The minimum Gasteiger partial charge on any atom is -0.309 e. The van der Waals surface area contributed by atoms with Gasteiger partial charge in [0, 0.05) is 13.1 Å². The summed E-state index contributed by atoms with van der Waals surface area (Å²) < 4.78 is 1.66. The van der Waals surface area contributed by atoms with Crippen LogP contribution in [-0.4, -0.2) is 31.2 Å². The molecule has 0 saturated heterocycles. The maximum absolute atomic E-state index is 12.3. The third-order valence-corrected chi connectivity index (χ3v) is 5.06. The third-order valence-electron chi connectivity index (χ3n) is 5.06. The van der Waals surface area contributed by atoms with E-state index in [1.807, 2.05) is 7.05 Å². The lowest BCUT2D eigenvalue weighted by Gasteiger charge is -2.28. The van der Waals surface area contributed by atoms with E-state index < -0.39 is 0 Å². The summed E-state index contributed by atoms with van der Waals surface area (Å²) in [4.78, 5) is 22.3. The summed E-state index contributed by atoms with van der Waals surface area (Å²) in [5.41, 5.74) is 3.38. The third kappa shape index (κ3) is 2.87. The van der Waals surface area contributed by atoms with Crippen molar-refractivity contribution < 1.29 is 0 Å². The van der Waals surface area contributed by atoms with Crippen LogP contribution < -0.4 is 5.56 Å². The van der Waals surface area contributed by atoms with Crippen LogP contribution >= 0.6 is 0 Å². The van der Waals surface area contributed by atoms with Crippen LogP contribution in [0.25, 0.3) is 11.0 Å². The zero-order valence-electron chi connectivity index (χ0n) is 14.7. The van der Waals surface area contributed by atoms with Crippen LogP contribution in [0.5, 0.6) is 0 Å². The first-order chi connectivity index (χ1) is 12.2. The number of nitrogens with zero attached hydrogens (tertiary/aromatic N) is 4.